The van der Waals surface area contributed by atoms with Gasteiger partial charge >= 0.3 is 0 Å². The molecule has 2 aliphatic heterocycles. The molecule has 0 aliphatic carbocycles. The number of nitro groups is 1. The van der Waals surface area contributed by atoms with Crippen molar-refractivity contribution in [1.82, 2.24) is 5.01 Å². The molecule has 3 aromatic rings. The molecule has 2 atom stereocenters. The largest absolute Gasteiger partial charge is 0.494 e. The van der Waals surface area contributed by atoms with Gasteiger partial charge in [0.1, 0.15) is 11.5 Å². The first kappa shape index (κ1) is 20.5. The van der Waals surface area contributed by atoms with E-state index < -0.39 is 11.2 Å². The second-order valence-electron chi connectivity index (χ2n) is 7.61. The van der Waals surface area contributed by atoms with E-state index in [0.717, 1.165) is 32.8 Å². The van der Waals surface area contributed by atoms with Gasteiger partial charge in [-0.2, -0.15) is 5.10 Å². The minimum atomic E-state index is -0.561. The summed E-state index contributed by atoms with van der Waals surface area (Å²) in [5, 5.41) is 18.2. The molecule has 0 spiro atoms. The van der Waals surface area contributed by atoms with Crippen LogP contribution in [0.3, 0.4) is 0 Å². The number of hydrazone groups is 1. The molecule has 2 aliphatic rings. The second-order valence-corrected chi connectivity index (χ2v) is 8.52. The first-order valence-electron chi connectivity index (χ1n) is 10.3. The first-order valence-corrected chi connectivity index (χ1v) is 11.1. The topological polar surface area (TPSA) is 77.2 Å². The van der Waals surface area contributed by atoms with Crippen molar-refractivity contribution >= 4 is 27.3 Å². The van der Waals surface area contributed by atoms with Crippen LogP contribution < -0.4 is 9.47 Å². The number of non-ortho nitro benzene ring substituents is 1. The molecular formula is C24H20BrN3O4. The Bertz CT molecular complexity index is 1210. The summed E-state index contributed by atoms with van der Waals surface area (Å²) in [5.41, 5.74) is 3.70. The molecule has 0 bridgehead atoms. The number of nitrogens with zero attached hydrogens (tertiary/aromatic N) is 3. The summed E-state index contributed by atoms with van der Waals surface area (Å²) in [7, 11) is 0. The van der Waals surface area contributed by atoms with Crippen LogP contribution in [0, 0.1) is 10.1 Å². The van der Waals surface area contributed by atoms with Crippen LogP contribution in [-0.4, -0.2) is 22.3 Å². The lowest BCUT2D eigenvalue weighted by Gasteiger charge is -2.38. The zero-order valence-electron chi connectivity index (χ0n) is 17.3. The Balaban J connectivity index is 1.56. The van der Waals surface area contributed by atoms with Crippen LogP contribution in [0.5, 0.6) is 11.5 Å². The van der Waals surface area contributed by atoms with Gasteiger partial charge in [0.25, 0.3) is 5.69 Å². The number of nitro benzene ring substituents is 1. The number of hydrogen-bond acceptors (Lipinski definition) is 6. The predicted octanol–water partition coefficient (Wildman–Crippen LogP) is 6.00. The Morgan fingerprint density at radius 3 is 2.75 bits per heavy atom. The normalized spacial score (nSPS) is 18.9. The zero-order chi connectivity index (χ0) is 22.2. The van der Waals surface area contributed by atoms with Gasteiger partial charge in [0.15, 0.2) is 0 Å². The molecule has 0 amide bonds. The molecule has 0 saturated carbocycles. The highest BCUT2D eigenvalue weighted by atomic mass is 79.9. The molecule has 0 fully saturated rings. The number of halogens is 1. The van der Waals surface area contributed by atoms with Gasteiger partial charge in [-0.15, -0.1) is 0 Å². The van der Waals surface area contributed by atoms with E-state index >= 15 is 0 Å². The van der Waals surface area contributed by atoms with Gasteiger partial charge in [-0.1, -0.05) is 28.1 Å². The van der Waals surface area contributed by atoms with Gasteiger partial charge in [0.05, 0.1) is 23.3 Å². The van der Waals surface area contributed by atoms with Crippen molar-refractivity contribution in [3.63, 3.8) is 0 Å². The van der Waals surface area contributed by atoms with E-state index in [1.807, 2.05) is 60.5 Å². The fourth-order valence-corrected chi connectivity index (χ4v) is 4.53. The first-order chi connectivity index (χ1) is 15.5. The Hall–Kier alpha value is -3.39. The van der Waals surface area contributed by atoms with E-state index in [-0.39, 0.29) is 11.7 Å². The Morgan fingerprint density at radius 2 is 2.00 bits per heavy atom. The van der Waals surface area contributed by atoms with Crippen LogP contribution in [0.4, 0.5) is 5.69 Å². The summed E-state index contributed by atoms with van der Waals surface area (Å²) >= 11 is 3.56. The van der Waals surface area contributed by atoms with Crippen molar-refractivity contribution in [3.05, 3.63) is 98.0 Å². The van der Waals surface area contributed by atoms with Gasteiger partial charge in [-0.25, -0.2) is 5.01 Å². The van der Waals surface area contributed by atoms with Gasteiger partial charge in [-0.3, -0.25) is 10.1 Å². The summed E-state index contributed by atoms with van der Waals surface area (Å²) in [6, 6.07) is 20.3. The van der Waals surface area contributed by atoms with Crippen LogP contribution in [0.1, 0.15) is 42.3 Å². The van der Waals surface area contributed by atoms with Crippen molar-refractivity contribution in [1.29, 1.82) is 0 Å². The molecule has 8 heteroatoms. The van der Waals surface area contributed by atoms with Crippen molar-refractivity contribution in [2.75, 3.05) is 6.61 Å². The molecule has 2 heterocycles. The fraction of sp³-hybridized carbons (Fsp3) is 0.208. The summed E-state index contributed by atoms with van der Waals surface area (Å²) in [4.78, 5) is 10.9. The minimum absolute atomic E-state index is 0.0270. The molecular weight excluding hydrogens is 474 g/mol. The molecule has 0 N–H and O–H groups in total. The lowest BCUT2D eigenvalue weighted by atomic mass is 9.96. The van der Waals surface area contributed by atoms with Crippen LogP contribution in [0.25, 0.3) is 0 Å². The average molecular weight is 494 g/mol. The van der Waals surface area contributed by atoms with E-state index in [2.05, 4.69) is 15.9 Å². The predicted molar refractivity (Wildman–Crippen MR) is 124 cm³/mol. The zero-order valence-corrected chi connectivity index (χ0v) is 18.9. The molecule has 0 aromatic heterocycles. The van der Waals surface area contributed by atoms with Gasteiger partial charge in [-0.05, 0) is 55.0 Å². The third-order valence-corrected chi connectivity index (χ3v) is 6.11. The minimum Gasteiger partial charge on any atom is -0.494 e. The van der Waals surface area contributed by atoms with Gasteiger partial charge in [0, 0.05) is 34.2 Å². The fourth-order valence-electron chi connectivity index (χ4n) is 4.15. The number of hydrogen-bond donors (Lipinski definition) is 0. The van der Waals surface area contributed by atoms with Crippen LogP contribution in [-0.2, 0) is 0 Å². The molecule has 0 saturated heterocycles. The number of benzene rings is 3. The maximum Gasteiger partial charge on any atom is 0.269 e. The quantitative estimate of drug-likeness (QED) is 0.321. The van der Waals surface area contributed by atoms with Crippen LogP contribution in [0.2, 0.25) is 0 Å². The van der Waals surface area contributed by atoms with Crippen molar-refractivity contribution < 1.29 is 14.4 Å². The third-order valence-electron chi connectivity index (χ3n) is 5.62. The third kappa shape index (κ3) is 3.71. The van der Waals surface area contributed by atoms with Crippen LogP contribution in [0.15, 0.2) is 76.3 Å². The van der Waals surface area contributed by atoms with Crippen molar-refractivity contribution in [3.8, 4) is 11.5 Å². The lowest BCUT2D eigenvalue weighted by Crippen LogP contribution is -2.33. The Morgan fingerprint density at radius 1 is 1.19 bits per heavy atom. The van der Waals surface area contributed by atoms with Crippen molar-refractivity contribution in [2.24, 2.45) is 5.10 Å². The van der Waals surface area contributed by atoms with Gasteiger partial charge < -0.3 is 9.47 Å². The second kappa shape index (κ2) is 8.27. The Labute approximate surface area is 193 Å². The van der Waals surface area contributed by atoms with Crippen molar-refractivity contribution in [2.45, 2.75) is 25.6 Å². The molecule has 5 rings (SSSR count). The van der Waals surface area contributed by atoms with E-state index in [0.29, 0.717) is 18.6 Å². The smallest absolute Gasteiger partial charge is 0.269 e. The lowest BCUT2D eigenvalue weighted by molar-refractivity contribution is -0.385. The summed E-state index contributed by atoms with van der Waals surface area (Å²) in [6.07, 6.45) is 0.139. The van der Waals surface area contributed by atoms with E-state index in [1.165, 1.54) is 6.07 Å². The highest BCUT2D eigenvalue weighted by molar-refractivity contribution is 9.10. The number of rotatable bonds is 5. The summed E-state index contributed by atoms with van der Waals surface area (Å²) in [6.45, 7) is 2.57. The highest BCUT2D eigenvalue weighted by Gasteiger charge is 2.41. The monoisotopic (exact) mass is 493 g/mol. The molecule has 32 heavy (non-hydrogen) atoms. The summed E-state index contributed by atoms with van der Waals surface area (Å²) in [5.74, 6) is 1.58. The number of fused-ring (bicyclic) bond motifs is 3. The van der Waals surface area contributed by atoms with Crippen LogP contribution >= 0.6 is 15.9 Å². The molecule has 3 aromatic carbocycles. The SMILES string of the molecule is CCOc1ccc(C2=NN3[C@H](C2)c2cc(Br)ccc2O[C@H]3c2cccc([N+](=O)[O-])c2)cc1. The van der Waals surface area contributed by atoms with E-state index in [1.54, 1.807) is 12.1 Å². The van der Waals surface area contributed by atoms with E-state index in [4.69, 9.17) is 14.6 Å². The molecule has 0 unspecified atom stereocenters. The average Bonchev–Trinajstić information content (AvgIpc) is 3.25. The molecule has 162 valence electrons. The van der Waals surface area contributed by atoms with E-state index in [9.17, 15) is 10.1 Å². The molecule has 7 nitrogen and oxygen atoms in total. The van der Waals surface area contributed by atoms with Gasteiger partial charge in [0.2, 0.25) is 6.23 Å². The maximum absolute atomic E-state index is 11.3. The standard InChI is InChI=1S/C24H20BrN3O4/c1-2-31-19-9-6-15(7-10-19)21-14-22-20-13-17(25)8-11-23(20)32-24(27(22)26-21)16-4-3-5-18(12-16)28(29)30/h3-13,22,24H,2,14H2,1H3/t22-,24+/m1/s1. The maximum atomic E-state index is 11.3. The molecule has 0 radical (unpaired) electrons. The summed E-state index contributed by atoms with van der Waals surface area (Å²) < 4.78 is 12.8. The number of ether oxygens (including phenoxy) is 2. The Kier molecular flexibility index (Phi) is 5.30. The highest BCUT2D eigenvalue weighted by Crippen LogP contribution is 2.48.